The first-order valence-corrected chi connectivity index (χ1v) is 9.94. The van der Waals surface area contributed by atoms with Gasteiger partial charge in [0.25, 0.3) is 0 Å². The molecule has 0 bridgehead atoms. The summed E-state index contributed by atoms with van der Waals surface area (Å²) in [4.78, 5) is 14.3. The maximum absolute atomic E-state index is 12.3. The van der Waals surface area contributed by atoms with Gasteiger partial charge in [-0.15, -0.1) is 0 Å². The highest BCUT2D eigenvalue weighted by Gasteiger charge is 2.22. The molecule has 1 aliphatic heterocycles. The van der Waals surface area contributed by atoms with Crippen LogP contribution in [0.2, 0.25) is 0 Å². The Kier molecular flexibility index (Phi) is 6.59. The van der Waals surface area contributed by atoms with Crippen molar-refractivity contribution >= 4 is 21.6 Å². The molecule has 7 nitrogen and oxygen atoms in total. The quantitative estimate of drug-likeness (QED) is 0.823. The summed E-state index contributed by atoms with van der Waals surface area (Å²) in [6, 6.07) is 7.31. The van der Waals surface area contributed by atoms with Gasteiger partial charge in [0.1, 0.15) is 5.75 Å². The van der Waals surface area contributed by atoms with Gasteiger partial charge >= 0.3 is 0 Å². The number of rotatable bonds is 6. The molecule has 1 aromatic rings. The first kappa shape index (κ1) is 18.7. The molecule has 0 aromatic heterocycles. The van der Waals surface area contributed by atoms with Crippen LogP contribution in [-0.2, 0) is 14.8 Å². The Morgan fingerprint density at radius 1 is 1.21 bits per heavy atom. The summed E-state index contributed by atoms with van der Waals surface area (Å²) in [5.41, 5.74) is 0.650. The van der Waals surface area contributed by atoms with Gasteiger partial charge in [-0.2, -0.15) is 0 Å². The number of benzene rings is 1. The number of sulfonamides is 1. The molecule has 1 aromatic carbocycles. The summed E-state index contributed by atoms with van der Waals surface area (Å²) in [7, 11) is -3.17. The van der Waals surface area contributed by atoms with Gasteiger partial charge in [-0.25, -0.2) is 12.7 Å². The van der Waals surface area contributed by atoms with Crippen molar-refractivity contribution < 1.29 is 17.9 Å². The van der Waals surface area contributed by atoms with Crippen molar-refractivity contribution in [3.8, 4) is 5.75 Å². The molecule has 0 radical (unpaired) electrons. The Labute approximate surface area is 143 Å². The SMILES string of the molecule is CCOc1ccccc1NC(=O)CN1CCCN(S(C)(=O)=O)CC1. The third kappa shape index (κ3) is 5.47. The van der Waals surface area contributed by atoms with Crippen molar-refractivity contribution in [2.24, 2.45) is 0 Å². The molecule has 2 rings (SSSR count). The molecule has 1 N–H and O–H groups in total. The van der Waals surface area contributed by atoms with E-state index in [4.69, 9.17) is 4.74 Å². The standard InChI is InChI=1S/C16H25N3O4S/c1-3-23-15-8-5-4-7-14(15)17-16(20)13-18-9-6-10-19(12-11-18)24(2,21)22/h4-5,7-8H,3,6,9-13H2,1-2H3,(H,17,20). The normalized spacial score (nSPS) is 17.2. The molecule has 0 saturated carbocycles. The molecule has 0 aliphatic carbocycles. The number of anilines is 1. The van der Waals surface area contributed by atoms with Gasteiger partial charge in [0.15, 0.2) is 0 Å². The molecule has 0 spiro atoms. The predicted molar refractivity (Wildman–Crippen MR) is 93.7 cm³/mol. The second kappa shape index (κ2) is 8.46. The molecule has 1 amide bonds. The zero-order valence-corrected chi connectivity index (χ0v) is 15.0. The topological polar surface area (TPSA) is 79.0 Å². The minimum absolute atomic E-state index is 0.130. The van der Waals surface area contributed by atoms with Crippen LogP contribution >= 0.6 is 0 Å². The smallest absolute Gasteiger partial charge is 0.238 e. The Morgan fingerprint density at radius 2 is 1.96 bits per heavy atom. The number of hydrogen-bond acceptors (Lipinski definition) is 5. The lowest BCUT2D eigenvalue weighted by Crippen LogP contribution is -2.37. The Balaban J connectivity index is 1.91. The number of nitrogens with one attached hydrogen (secondary N) is 1. The van der Waals surface area contributed by atoms with Crippen LogP contribution in [0.1, 0.15) is 13.3 Å². The van der Waals surface area contributed by atoms with Crippen molar-refractivity contribution in [1.82, 2.24) is 9.21 Å². The summed E-state index contributed by atoms with van der Waals surface area (Å²) < 4.78 is 30.2. The average molecular weight is 355 g/mol. The summed E-state index contributed by atoms with van der Waals surface area (Å²) in [6.45, 7) is 4.83. The number of para-hydroxylation sites is 2. The van der Waals surface area contributed by atoms with E-state index in [1.54, 1.807) is 6.07 Å². The molecule has 1 aliphatic rings. The van der Waals surface area contributed by atoms with Gasteiger partial charge in [-0.3, -0.25) is 9.69 Å². The van der Waals surface area contributed by atoms with Gasteiger partial charge < -0.3 is 10.1 Å². The molecule has 1 saturated heterocycles. The van der Waals surface area contributed by atoms with Crippen molar-refractivity contribution in [3.63, 3.8) is 0 Å². The lowest BCUT2D eigenvalue weighted by atomic mass is 10.3. The van der Waals surface area contributed by atoms with Crippen LogP contribution in [0, 0.1) is 0 Å². The number of carbonyl (C=O) groups is 1. The maximum Gasteiger partial charge on any atom is 0.238 e. The van der Waals surface area contributed by atoms with Crippen LogP contribution in [-0.4, -0.2) is 69.1 Å². The van der Waals surface area contributed by atoms with Crippen molar-refractivity contribution in [3.05, 3.63) is 24.3 Å². The number of amides is 1. The second-order valence-electron chi connectivity index (χ2n) is 5.77. The van der Waals surface area contributed by atoms with Crippen molar-refractivity contribution in [2.75, 3.05) is 50.9 Å². The third-order valence-corrected chi connectivity index (χ3v) is 5.15. The zero-order valence-electron chi connectivity index (χ0n) is 14.2. The summed E-state index contributed by atoms with van der Waals surface area (Å²) in [6.07, 6.45) is 1.94. The highest BCUT2D eigenvalue weighted by molar-refractivity contribution is 7.88. The van der Waals surface area contributed by atoms with E-state index in [0.29, 0.717) is 44.2 Å². The molecule has 0 unspecified atom stereocenters. The van der Waals surface area contributed by atoms with Crippen LogP contribution < -0.4 is 10.1 Å². The summed E-state index contributed by atoms with van der Waals surface area (Å²) in [5, 5.41) is 2.87. The number of ether oxygens (including phenoxy) is 1. The molecule has 24 heavy (non-hydrogen) atoms. The van der Waals surface area contributed by atoms with Crippen LogP contribution in [0.5, 0.6) is 5.75 Å². The van der Waals surface area contributed by atoms with Gasteiger partial charge in [-0.1, -0.05) is 12.1 Å². The predicted octanol–water partition coefficient (Wildman–Crippen LogP) is 0.991. The monoisotopic (exact) mass is 355 g/mol. The molecular weight excluding hydrogens is 330 g/mol. The molecular formula is C16H25N3O4S. The third-order valence-electron chi connectivity index (χ3n) is 3.84. The van der Waals surface area contributed by atoms with Crippen LogP contribution in [0.4, 0.5) is 5.69 Å². The minimum atomic E-state index is -3.17. The highest BCUT2D eigenvalue weighted by Crippen LogP contribution is 2.23. The van der Waals surface area contributed by atoms with E-state index in [1.807, 2.05) is 30.0 Å². The minimum Gasteiger partial charge on any atom is -0.492 e. The van der Waals surface area contributed by atoms with E-state index in [1.165, 1.54) is 10.6 Å². The van der Waals surface area contributed by atoms with Crippen LogP contribution in [0.25, 0.3) is 0 Å². The largest absolute Gasteiger partial charge is 0.492 e. The van der Waals surface area contributed by atoms with Crippen molar-refractivity contribution in [1.29, 1.82) is 0 Å². The van der Waals surface area contributed by atoms with E-state index in [0.717, 1.165) is 6.42 Å². The van der Waals surface area contributed by atoms with Gasteiger partial charge in [0.2, 0.25) is 15.9 Å². The van der Waals surface area contributed by atoms with E-state index in [-0.39, 0.29) is 12.5 Å². The summed E-state index contributed by atoms with van der Waals surface area (Å²) >= 11 is 0. The van der Waals surface area contributed by atoms with Crippen LogP contribution in [0.15, 0.2) is 24.3 Å². The Morgan fingerprint density at radius 3 is 2.67 bits per heavy atom. The first-order valence-electron chi connectivity index (χ1n) is 8.09. The van der Waals surface area contributed by atoms with Gasteiger partial charge in [0.05, 0.1) is 25.1 Å². The fourth-order valence-electron chi connectivity index (χ4n) is 2.68. The number of hydrogen-bond donors (Lipinski definition) is 1. The highest BCUT2D eigenvalue weighted by atomic mass is 32.2. The molecule has 8 heteroatoms. The van der Waals surface area contributed by atoms with Gasteiger partial charge in [0, 0.05) is 19.6 Å². The fraction of sp³-hybridized carbons (Fsp3) is 0.562. The van der Waals surface area contributed by atoms with E-state index < -0.39 is 10.0 Å². The number of nitrogens with zero attached hydrogens (tertiary/aromatic N) is 2. The lowest BCUT2D eigenvalue weighted by molar-refractivity contribution is -0.117. The molecule has 0 atom stereocenters. The summed E-state index contributed by atoms with van der Waals surface area (Å²) in [5.74, 6) is 0.516. The lowest BCUT2D eigenvalue weighted by Gasteiger charge is -2.20. The Hall–Kier alpha value is -1.64. The van der Waals surface area contributed by atoms with Crippen molar-refractivity contribution in [2.45, 2.75) is 13.3 Å². The Bertz CT molecular complexity index is 663. The molecule has 1 fully saturated rings. The van der Waals surface area contributed by atoms with E-state index in [2.05, 4.69) is 5.32 Å². The van der Waals surface area contributed by atoms with Crippen LogP contribution in [0.3, 0.4) is 0 Å². The second-order valence-corrected chi connectivity index (χ2v) is 7.75. The zero-order chi connectivity index (χ0) is 17.6. The molecule has 1 heterocycles. The van der Waals surface area contributed by atoms with Gasteiger partial charge in [-0.05, 0) is 32.0 Å². The fourth-order valence-corrected chi connectivity index (χ4v) is 3.56. The average Bonchev–Trinajstić information content (AvgIpc) is 2.75. The molecule has 134 valence electrons. The number of carbonyl (C=O) groups excluding carboxylic acids is 1. The van der Waals surface area contributed by atoms with E-state index >= 15 is 0 Å². The first-order chi connectivity index (χ1) is 11.4. The maximum atomic E-state index is 12.3. The van der Waals surface area contributed by atoms with E-state index in [9.17, 15) is 13.2 Å².